The number of rotatable bonds is 3. The number of hydrogen-bond acceptors (Lipinski definition) is 4. The third kappa shape index (κ3) is 2.07. The lowest BCUT2D eigenvalue weighted by Crippen LogP contribution is -2.00. The van der Waals surface area contributed by atoms with Gasteiger partial charge in [-0.2, -0.15) is 4.98 Å². The van der Waals surface area contributed by atoms with Crippen molar-refractivity contribution in [3.05, 3.63) is 47.5 Å². The van der Waals surface area contributed by atoms with Crippen molar-refractivity contribution in [1.82, 2.24) is 14.6 Å². The Morgan fingerprint density at radius 3 is 2.89 bits per heavy atom. The van der Waals surface area contributed by atoms with E-state index in [4.69, 9.17) is 4.42 Å². The summed E-state index contributed by atoms with van der Waals surface area (Å²) >= 11 is 0. The van der Waals surface area contributed by atoms with E-state index < -0.39 is 0 Å². The molecule has 0 aliphatic carbocycles. The van der Waals surface area contributed by atoms with E-state index in [-0.39, 0.29) is 0 Å². The second kappa shape index (κ2) is 4.18. The molecule has 0 aliphatic heterocycles. The molecule has 3 heterocycles. The average Bonchev–Trinajstić information content (AvgIpc) is 2.92. The van der Waals surface area contributed by atoms with Gasteiger partial charge in [-0.15, -0.1) is 5.10 Å². The highest BCUT2D eigenvalue weighted by molar-refractivity contribution is 5.44. The summed E-state index contributed by atoms with van der Waals surface area (Å²) in [5, 5.41) is 7.49. The van der Waals surface area contributed by atoms with Crippen LogP contribution < -0.4 is 5.32 Å². The second-order valence-corrected chi connectivity index (χ2v) is 4.31. The molecule has 0 spiro atoms. The summed E-state index contributed by atoms with van der Waals surface area (Å²) in [6.07, 6.45) is 1.95. The van der Waals surface area contributed by atoms with E-state index in [1.165, 1.54) is 0 Å². The zero-order chi connectivity index (χ0) is 12.5. The summed E-state index contributed by atoms with van der Waals surface area (Å²) in [5.74, 6) is 2.39. The van der Waals surface area contributed by atoms with E-state index in [1.54, 1.807) is 4.52 Å². The molecule has 0 saturated heterocycles. The van der Waals surface area contributed by atoms with E-state index in [9.17, 15) is 0 Å². The maximum Gasteiger partial charge on any atom is 0.243 e. The van der Waals surface area contributed by atoms with Gasteiger partial charge in [-0.1, -0.05) is 6.07 Å². The topological polar surface area (TPSA) is 55.4 Å². The molecule has 3 rings (SSSR count). The number of nitrogens with one attached hydrogen (secondary N) is 1. The van der Waals surface area contributed by atoms with Crippen LogP contribution in [0.1, 0.15) is 17.1 Å². The van der Waals surface area contributed by atoms with E-state index in [2.05, 4.69) is 15.4 Å². The molecule has 18 heavy (non-hydrogen) atoms. The van der Waals surface area contributed by atoms with Crippen LogP contribution in [0, 0.1) is 13.8 Å². The normalized spacial score (nSPS) is 11.0. The van der Waals surface area contributed by atoms with Gasteiger partial charge in [0.15, 0.2) is 5.65 Å². The maximum absolute atomic E-state index is 5.47. The second-order valence-electron chi connectivity index (χ2n) is 4.31. The van der Waals surface area contributed by atoms with Gasteiger partial charge in [0.2, 0.25) is 5.95 Å². The number of aromatic nitrogens is 3. The first kappa shape index (κ1) is 10.8. The van der Waals surface area contributed by atoms with Gasteiger partial charge in [0.05, 0.1) is 6.54 Å². The Hall–Kier alpha value is -2.30. The lowest BCUT2D eigenvalue weighted by Gasteiger charge is -1.97. The van der Waals surface area contributed by atoms with Gasteiger partial charge in [0, 0.05) is 6.20 Å². The highest BCUT2D eigenvalue weighted by atomic mass is 16.3. The van der Waals surface area contributed by atoms with Gasteiger partial charge in [-0.3, -0.25) is 0 Å². The lowest BCUT2D eigenvalue weighted by molar-refractivity contribution is 0.490. The van der Waals surface area contributed by atoms with Gasteiger partial charge in [0.25, 0.3) is 0 Å². The molecule has 0 aromatic carbocycles. The van der Waals surface area contributed by atoms with Gasteiger partial charge in [-0.05, 0) is 37.6 Å². The zero-order valence-corrected chi connectivity index (χ0v) is 10.3. The van der Waals surface area contributed by atoms with Crippen molar-refractivity contribution in [1.29, 1.82) is 0 Å². The third-order valence-corrected chi connectivity index (χ3v) is 2.70. The van der Waals surface area contributed by atoms with Crippen molar-refractivity contribution < 1.29 is 4.42 Å². The Morgan fingerprint density at radius 1 is 1.22 bits per heavy atom. The summed E-state index contributed by atoms with van der Waals surface area (Å²) in [5.41, 5.74) is 1.99. The predicted octanol–water partition coefficient (Wildman–Crippen LogP) is 2.55. The summed E-state index contributed by atoms with van der Waals surface area (Å²) in [4.78, 5) is 4.37. The standard InChI is InChI=1S/C13H14N4O/c1-9-3-6-12-15-13(16-17(12)8-9)14-7-11-5-4-10(2)18-11/h3-6,8H,7H2,1-2H3,(H,14,16). The first-order chi connectivity index (χ1) is 8.70. The number of anilines is 1. The summed E-state index contributed by atoms with van der Waals surface area (Å²) in [7, 11) is 0. The van der Waals surface area contributed by atoms with Crippen LogP contribution in [0.2, 0.25) is 0 Å². The Morgan fingerprint density at radius 2 is 2.11 bits per heavy atom. The van der Waals surface area contributed by atoms with Crippen LogP contribution in [0.4, 0.5) is 5.95 Å². The number of aryl methyl sites for hydroxylation is 2. The quantitative estimate of drug-likeness (QED) is 0.766. The molecule has 0 unspecified atom stereocenters. The highest BCUT2D eigenvalue weighted by Crippen LogP contribution is 2.10. The molecule has 0 bridgehead atoms. The highest BCUT2D eigenvalue weighted by Gasteiger charge is 2.04. The Balaban J connectivity index is 1.78. The molecule has 3 aromatic heterocycles. The molecule has 0 radical (unpaired) electrons. The van der Waals surface area contributed by atoms with E-state index in [0.717, 1.165) is 22.7 Å². The smallest absolute Gasteiger partial charge is 0.243 e. The van der Waals surface area contributed by atoms with E-state index in [0.29, 0.717) is 12.5 Å². The van der Waals surface area contributed by atoms with Crippen molar-refractivity contribution in [2.45, 2.75) is 20.4 Å². The Bertz CT molecular complexity index is 683. The third-order valence-electron chi connectivity index (χ3n) is 2.70. The van der Waals surface area contributed by atoms with E-state index >= 15 is 0 Å². The number of nitrogens with zero attached hydrogens (tertiary/aromatic N) is 3. The first-order valence-electron chi connectivity index (χ1n) is 5.83. The van der Waals surface area contributed by atoms with Gasteiger partial charge in [-0.25, -0.2) is 4.52 Å². The molecule has 0 fully saturated rings. The fraction of sp³-hybridized carbons (Fsp3) is 0.231. The van der Waals surface area contributed by atoms with Crippen LogP contribution in [0.5, 0.6) is 0 Å². The fourth-order valence-corrected chi connectivity index (χ4v) is 1.81. The fourth-order valence-electron chi connectivity index (χ4n) is 1.81. The lowest BCUT2D eigenvalue weighted by atomic mass is 10.3. The van der Waals surface area contributed by atoms with E-state index in [1.807, 2.05) is 44.3 Å². The predicted molar refractivity (Wildman–Crippen MR) is 68.5 cm³/mol. The number of pyridine rings is 1. The van der Waals surface area contributed by atoms with Crippen molar-refractivity contribution in [2.75, 3.05) is 5.32 Å². The molecule has 92 valence electrons. The summed E-state index contributed by atoms with van der Waals surface area (Å²) < 4.78 is 7.24. The van der Waals surface area contributed by atoms with Gasteiger partial charge >= 0.3 is 0 Å². The molecule has 0 atom stereocenters. The molecule has 0 saturated carbocycles. The van der Waals surface area contributed by atoms with Crippen molar-refractivity contribution >= 4 is 11.6 Å². The molecule has 3 aromatic rings. The minimum atomic E-state index is 0.587. The Kier molecular flexibility index (Phi) is 2.51. The van der Waals surface area contributed by atoms with Crippen LogP contribution in [0.15, 0.2) is 34.9 Å². The largest absolute Gasteiger partial charge is 0.465 e. The number of furan rings is 1. The SMILES string of the molecule is Cc1ccc2nc(NCc3ccc(C)o3)nn2c1. The minimum absolute atomic E-state index is 0.587. The van der Waals surface area contributed by atoms with Crippen molar-refractivity contribution in [2.24, 2.45) is 0 Å². The molecule has 0 amide bonds. The average molecular weight is 242 g/mol. The molecule has 5 nitrogen and oxygen atoms in total. The number of fused-ring (bicyclic) bond motifs is 1. The zero-order valence-electron chi connectivity index (χ0n) is 10.3. The minimum Gasteiger partial charge on any atom is -0.465 e. The van der Waals surface area contributed by atoms with Crippen molar-refractivity contribution in [3.63, 3.8) is 0 Å². The molecule has 0 aliphatic rings. The Labute approximate surface area is 104 Å². The monoisotopic (exact) mass is 242 g/mol. The molecular weight excluding hydrogens is 228 g/mol. The van der Waals surface area contributed by atoms with Crippen LogP contribution >= 0.6 is 0 Å². The molecule has 5 heteroatoms. The van der Waals surface area contributed by atoms with Gasteiger partial charge < -0.3 is 9.73 Å². The van der Waals surface area contributed by atoms with Gasteiger partial charge in [0.1, 0.15) is 11.5 Å². The van der Waals surface area contributed by atoms with Crippen molar-refractivity contribution in [3.8, 4) is 0 Å². The van der Waals surface area contributed by atoms with Crippen LogP contribution in [0.25, 0.3) is 5.65 Å². The molecule has 1 N–H and O–H groups in total. The first-order valence-corrected chi connectivity index (χ1v) is 5.83. The summed E-state index contributed by atoms with van der Waals surface area (Å²) in [6, 6.07) is 7.86. The van der Waals surface area contributed by atoms with Crippen LogP contribution in [-0.2, 0) is 6.54 Å². The number of hydrogen-bond donors (Lipinski definition) is 1. The molecular formula is C13H14N4O. The van der Waals surface area contributed by atoms with Crippen LogP contribution in [0.3, 0.4) is 0 Å². The van der Waals surface area contributed by atoms with Crippen LogP contribution in [-0.4, -0.2) is 14.6 Å². The summed E-state index contributed by atoms with van der Waals surface area (Å²) in [6.45, 7) is 4.54. The maximum atomic E-state index is 5.47.